The van der Waals surface area contributed by atoms with Gasteiger partial charge in [-0.3, -0.25) is 24.0 Å². The average molecular weight is 508 g/mol. The number of amides is 3. The number of benzene rings is 1. The predicted molar refractivity (Wildman–Crippen MR) is 135 cm³/mol. The minimum absolute atomic E-state index is 0.0301. The lowest BCUT2D eigenvalue weighted by molar-refractivity contribution is -0.148. The summed E-state index contributed by atoms with van der Waals surface area (Å²) in [6, 6.07) is 7.49. The number of likely N-dealkylation sites (N-methyl/N-ethyl adjacent to an activating group) is 1. The third-order valence-corrected chi connectivity index (χ3v) is 6.13. The fraction of sp³-hybridized carbons (Fsp3) is 0.560. The van der Waals surface area contributed by atoms with E-state index < -0.39 is 35.8 Å². The third kappa shape index (κ3) is 10.5. The zero-order chi connectivity index (χ0) is 26.5. The van der Waals surface area contributed by atoms with E-state index in [4.69, 9.17) is 4.74 Å². The number of methoxy groups -OCH3 is 1. The van der Waals surface area contributed by atoms with Gasteiger partial charge < -0.3 is 20.3 Å². The molecule has 0 radical (unpaired) electrons. The number of nitrogens with one attached hydrogen (secondary N) is 2. The molecule has 35 heavy (non-hydrogen) atoms. The largest absolute Gasteiger partial charge is 0.469 e. The Labute approximate surface area is 211 Å². The summed E-state index contributed by atoms with van der Waals surface area (Å²) < 4.78 is 4.80. The van der Waals surface area contributed by atoms with Crippen LogP contribution in [0, 0.1) is 11.8 Å². The zero-order valence-corrected chi connectivity index (χ0v) is 22.1. The van der Waals surface area contributed by atoms with E-state index in [1.54, 1.807) is 6.92 Å². The first-order valence-electron chi connectivity index (χ1n) is 11.6. The maximum absolute atomic E-state index is 13.5. The number of carbonyl (C=O) groups excluding carboxylic acids is 5. The maximum Gasteiger partial charge on any atom is 0.310 e. The van der Waals surface area contributed by atoms with Gasteiger partial charge >= 0.3 is 5.97 Å². The Hall–Kier alpha value is -2.88. The second-order valence-electron chi connectivity index (χ2n) is 8.76. The van der Waals surface area contributed by atoms with Gasteiger partial charge in [-0.25, -0.2) is 0 Å². The number of rotatable bonds is 13. The monoisotopic (exact) mass is 507 g/mol. The van der Waals surface area contributed by atoms with Crippen LogP contribution in [-0.4, -0.2) is 72.2 Å². The van der Waals surface area contributed by atoms with Gasteiger partial charge in [-0.15, -0.1) is 0 Å². The summed E-state index contributed by atoms with van der Waals surface area (Å²) in [5.74, 6) is -2.64. The summed E-state index contributed by atoms with van der Waals surface area (Å²) in [5.41, 5.74) is 0.868. The van der Waals surface area contributed by atoms with Gasteiger partial charge in [0.15, 0.2) is 5.12 Å². The highest BCUT2D eigenvalue weighted by atomic mass is 32.2. The van der Waals surface area contributed by atoms with E-state index in [0.717, 1.165) is 17.3 Å². The van der Waals surface area contributed by atoms with Crippen LogP contribution in [-0.2, 0) is 35.1 Å². The predicted octanol–water partition coefficient (Wildman–Crippen LogP) is 1.79. The van der Waals surface area contributed by atoms with E-state index in [-0.39, 0.29) is 35.7 Å². The highest BCUT2D eigenvalue weighted by Crippen LogP contribution is 2.18. The third-order valence-electron chi connectivity index (χ3n) is 5.33. The number of hydrogen-bond donors (Lipinski definition) is 2. The Morgan fingerprint density at radius 2 is 1.66 bits per heavy atom. The molecule has 0 aliphatic rings. The van der Waals surface area contributed by atoms with E-state index in [1.165, 1.54) is 26.0 Å². The molecule has 1 unspecified atom stereocenters. The Kier molecular flexibility index (Phi) is 13.1. The lowest BCUT2D eigenvalue weighted by Gasteiger charge is -2.34. The van der Waals surface area contributed by atoms with E-state index >= 15 is 0 Å². The molecule has 9 nitrogen and oxygen atoms in total. The number of carbonyl (C=O) groups is 5. The SMILES string of the molecule is CNC(=O)[C@H](Cc1ccccc1)NC(=O)[C@H](CC(C)C)N(CC(C)C(=O)OC)C(=O)CSC(C)=O. The van der Waals surface area contributed by atoms with Crippen molar-refractivity contribution in [2.75, 3.05) is 26.5 Å². The standard InChI is InChI=1S/C25H37N3O6S/c1-16(2)12-21(28(14-17(3)25(33)34-6)22(30)15-35-18(4)29)24(32)27-20(23(31)26-5)13-19-10-8-7-9-11-19/h7-11,16-17,20-21H,12-15H2,1-6H3,(H,26,31)(H,27,32)/t17?,20-,21-/m0/s1. The maximum atomic E-state index is 13.5. The van der Waals surface area contributed by atoms with Crippen LogP contribution < -0.4 is 10.6 Å². The van der Waals surface area contributed by atoms with Gasteiger partial charge in [0.2, 0.25) is 17.7 Å². The number of hydrogen-bond acceptors (Lipinski definition) is 7. The van der Waals surface area contributed by atoms with Crippen molar-refractivity contribution in [3.8, 4) is 0 Å². The molecule has 1 rings (SSSR count). The number of ether oxygens (including phenoxy) is 1. The Morgan fingerprint density at radius 3 is 2.17 bits per heavy atom. The van der Waals surface area contributed by atoms with Gasteiger partial charge in [0.25, 0.3) is 0 Å². The van der Waals surface area contributed by atoms with Crippen molar-refractivity contribution in [2.45, 2.75) is 52.6 Å². The van der Waals surface area contributed by atoms with Crippen LogP contribution >= 0.6 is 11.8 Å². The van der Waals surface area contributed by atoms with Crippen molar-refractivity contribution >= 4 is 40.6 Å². The molecule has 0 fully saturated rings. The van der Waals surface area contributed by atoms with Gasteiger partial charge in [0.05, 0.1) is 18.8 Å². The lowest BCUT2D eigenvalue weighted by Crippen LogP contribution is -2.57. The first kappa shape index (κ1) is 30.2. The van der Waals surface area contributed by atoms with Crippen molar-refractivity contribution in [1.82, 2.24) is 15.5 Å². The Balaban J connectivity index is 3.26. The molecule has 3 amide bonds. The zero-order valence-electron chi connectivity index (χ0n) is 21.3. The molecule has 194 valence electrons. The van der Waals surface area contributed by atoms with E-state index in [1.807, 2.05) is 44.2 Å². The van der Waals surface area contributed by atoms with Gasteiger partial charge in [-0.1, -0.05) is 62.9 Å². The summed E-state index contributed by atoms with van der Waals surface area (Å²) in [6.07, 6.45) is 0.579. The van der Waals surface area contributed by atoms with Gasteiger partial charge in [0, 0.05) is 26.9 Å². The molecule has 0 aliphatic heterocycles. The minimum Gasteiger partial charge on any atom is -0.469 e. The second-order valence-corrected chi connectivity index (χ2v) is 9.91. The molecule has 3 atom stereocenters. The molecule has 0 saturated carbocycles. The second kappa shape index (κ2) is 15.2. The smallest absolute Gasteiger partial charge is 0.310 e. The number of nitrogens with zero attached hydrogens (tertiary/aromatic N) is 1. The van der Waals surface area contributed by atoms with Crippen molar-refractivity contribution < 1.29 is 28.7 Å². The first-order valence-corrected chi connectivity index (χ1v) is 12.5. The summed E-state index contributed by atoms with van der Waals surface area (Å²) in [6.45, 7) is 6.74. The molecule has 1 aromatic carbocycles. The molecule has 0 aromatic heterocycles. The number of thioether (sulfide) groups is 1. The van der Waals surface area contributed by atoms with Crippen LogP contribution in [0.15, 0.2) is 30.3 Å². The summed E-state index contributed by atoms with van der Waals surface area (Å²) in [4.78, 5) is 64.1. The van der Waals surface area contributed by atoms with Crippen LogP contribution in [0.25, 0.3) is 0 Å². The topological polar surface area (TPSA) is 122 Å². The van der Waals surface area contributed by atoms with Crippen LogP contribution in [0.4, 0.5) is 0 Å². The van der Waals surface area contributed by atoms with E-state index in [2.05, 4.69) is 10.6 Å². The van der Waals surface area contributed by atoms with Crippen LogP contribution in [0.2, 0.25) is 0 Å². The van der Waals surface area contributed by atoms with E-state index in [9.17, 15) is 24.0 Å². The molecule has 0 heterocycles. The Bertz CT molecular complexity index is 877. The Morgan fingerprint density at radius 1 is 1.03 bits per heavy atom. The molecule has 2 N–H and O–H groups in total. The van der Waals surface area contributed by atoms with Crippen molar-refractivity contribution in [1.29, 1.82) is 0 Å². The highest BCUT2D eigenvalue weighted by molar-refractivity contribution is 8.14. The van der Waals surface area contributed by atoms with Crippen LogP contribution in [0.3, 0.4) is 0 Å². The van der Waals surface area contributed by atoms with Crippen LogP contribution in [0.5, 0.6) is 0 Å². The fourth-order valence-electron chi connectivity index (χ4n) is 3.54. The normalized spacial score (nSPS) is 13.3. The number of esters is 1. The quantitative estimate of drug-likeness (QED) is 0.390. The van der Waals surface area contributed by atoms with Crippen molar-refractivity contribution in [3.63, 3.8) is 0 Å². The molecule has 0 spiro atoms. The minimum atomic E-state index is -0.940. The average Bonchev–Trinajstić information content (AvgIpc) is 2.83. The molecular weight excluding hydrogens is 470 g/mol. The molecular formula is C25H37N3O6S. The van der Waals surface area contributed by atoms with Crippen molar-refractivity contribution in [3.05, 3.63) is 35.9 Å². The molecule has 0 bridgehead atoms. The lowest BCUT2D eigenvalue weighted by atomic mass is 9.98. The summed E-state index contributed by atoms with van der Waals surface area (Å²) in [7, 11) is 2.75. The van der Waals surface area contributed by atoms with Gasteiger partial charge in [0.1, 0.15) is 12.1 Å². The highest BCUT2D eigenvalue weighted by Gasteiger charge is 2.35. The molecule has 0 aliphatic carbocycles. The molecule has 1 aromatic rings. The molecule has 0 saturated heterocycles. The van der Waals surface area contributed by atoms with Crippen molar-refractivity contribution in [2.24, 2.45) is 11.8 Å². The van der Waals surface area contributed by atoms with Gasteiger partial charge in [-0.2, -0.15) is 0 Å². The summed E-state index contributed by atoms with van der Waals surface area (Å²) in [5, 5.41) is 5.15. The first-order chi connectivity index (χ1) is 16.5. The molecule has 10 heteroatoms. The summed E-state index contributed by atoms with van der Waals surface area (Å²) >= 11 is 0.839. The van der Waals surface area contributed by atoms with Gasteiger partial charge in [-0.05, 0) is 17.9 Å². The van der Waals surface area contributed by atoms with E-state index in [0.29, 0.717) is 6.42 Å². The van der Waals surface area contributed by atoms with Crippen LogP contribution in [0.1, 0.15) is 39.7 Å². The fourth-order valence-corrected chi connectivity index (χ4v) is 4.04.